The molecule has 5 heteroatoms. The summed E-state index contributed by atoms with van der Waals surface area (Å²) in [5.74, 6) is 0.646. The van der Waals surface area contributed by atoms with Crippen LogP contribution in [0.4, 0.5) is 0 Å². The zero-order chi connectivity index (χ0) is 19.3. The maximum Gasteiger partial charge on any atom is 0.141 e. The second kappa shape index (κ2) is 8.30. The normalized spacial score (nSPS) is 19.2. The Morgan fingerprint density at radius 1 is 1.48 bits per heavy atom. The van der Waals surface area contributed by atoms with Crippen LogP contribution in [0.25, 0.3) is 16.6 Å². The van der Waals surface area contributed by atoms with E-state index in [1.807, 2.05) is 24.6 Å². The van der Waals surface area contributed by atoms with Crippen LogP contribution in [0, 0.1) is 28.6 Å². The topological polar surface area (TPSA) is 77.7 Å². The Hall–Kier alpha value is -2.74. The molecule has 0 radical (unpaired) electrons. The minimum Gasteiger partial charge on any atom is -0.346 e. The molecule has 2 aromatic heterocycles. The van der Waals surface area contributed by atoms with Gasteiger partial charge in [-0.3, -0.25) is 4.99 Å². The third-order valence-electron chi connectivity index (χ3n) is 6.05. The minimum absolute atomic E-state index is 0.148. The van der Waals surface area contributed by atoms with Crippen molar-refractivity contribution < 1.29 is 0 Å². The number of H-pyrrole nitrogens is 1. The molecule has 0 spiro atoms. The first kappa shape index (κ1) is 19.0. The first-order chi connectivity index (χ1) is 13.2. The number of aromatic nitrogens is 3. The molecule has 2 aromatic rings. The molecular formula is C22H27N5. The Bertz CT molecular complexity index is 895. The highest BCUT2D eigenvalue weighted by molar-refractivity contribution is 6.13. The third kappa shape index (κ3) is 3.57. The van der Waals surface area contributed by atoms with Crippen molar-refractivity contribution >= 4 is 22.8 Å². The molecule has 2 unspecified atom stereocenters. The smallest absolute Gasteiger partial charge is 0.141 e. The van der Waals surface area contributed by atoms with Gasteiger partial charge >= 0.3 is 0 Å². The van der Waals surface area contributed by atoms with Gasteiger partial charge < -0.3 is 4.98 Å². The fraction of sp³-hybridized carbons (Fsp3) is 0.455. The first-order valence-electron chi connectivity index (χ1n) is 9.59. The molecule has 5 nitrogen and oxygen atoms in total. The van der Waals surface area contributed by atoms with Crippen LogP contribution in [-0.4, -0.2) is 28.2 Å². The lowest BCUT2D eigenvalue weighted by atomic mass is 9.64. The van der Waals surface area contributed by atoms with E-state index in [-0.39, 0.29) is 11.3 Å². The molecule has 2 atom stereocenters. The van der Waals surface area contributed by atoms with Gasteiger partial charge in [0.1, 0.15) is 12.0 Å². The van der Waals surface area contributed by atoms with Crippen LogP contribution in [-0.2, 0) is 0 Å². The lowest BCUT2D eigenvalue weighted by molar-refractivity contribution is 0.179. The van der Waals surface area contributed by atoms with Crippen LogP contribution in [0.15, 0.2) is 42.3 Å². The third-order valence-corrected chi connectivity index (χ3v) is 6.05. The summed E-state index contributed by atoms with van der Waals surface area (Å²) in [7, 11) is 1.76. The Morgan fingerprint density at radius 3 is 2.93 bits per heavy atom. The molecule has 1 aliphatic rings. The van der Waals surface area contributed by atoms with Crippen molar-refractivity contribution in [1.29, 1.82) is 5.26 Å². The van der Waals surface area contributed by atoms with E-state index >= 15 is 0 Å². The number of nitrogens with one attached hydrogen (secondary N) is 1. The zero-order valence-corrected chi connectivity index (χ0v) is 16.2. The molecule has 0 saturated heterocycles. The van der Waals surface area contributed by atoms with Crippen LogP contribution < -0.4 is 0 Å². The summed E-state index contributed by atoms with van der Waals surface area (Å²) in [6.45, 7) is 6.33. The number of rotatable bonds is 7. The number of hydrogen-bond donors (Lipinski definition) is 1. The SMILES string of the molecule is C=CC(CC#N)(C(C)C=C(C=NC)c1ncnc2[nH]ccc12)C1CCCC1. The fourth-order valence-electron chi connectivity index (χ4n) is 4.55. The van der Waals surface area contributed by atoms with Gasteiger partial charge in [0.15, 0.2) is 0 Å². The summed E-state index contributed by atoms with van der Waals surface area (Å²) < 4.78 is 0. The van der Waals surface area contributed by atoms with Crippen molar-refractivity contribution in [2.45, 2.75) is 39.0 Å². The molecule has 0 aromatic carbocycles. The molecule has 2 heterocycles. The van der Waals surface area contributed by atoms with E-state index in [1.54, 1.807) is 13.4 Å². The lowest BCUT2D eigenvalue weighted by Crippen LogP contribution is -2.33. The van der Waals surface area contributed by atoms with E-state index in [4.69, 9.17) is 0 Å². The standard InChI is InChI=1S/C22H27N5/c1-4-22(10-11-23,18-7-5-6-8-18)16(2)13-17(14-24-3)20-19-9-12-25-21(19)27-15-26-20/h4,9,12-16,18H,1,5-8,10H2,2-3H3,(H,25,26,27). The predicted octanol–water partition coefficient (Wildman–Crippen LogP) is 4.95. The Labute approximate surface area is 161 Å². The van der Waals surface area contributed by atoms with Gasteiger partial charge in [0, 0.05) is 42.3 Å². The lowest BCUT2D eigenvalue weighted by Gasteiger charge is -2.39. The predicted molar refractivity (Wildman–Crippen MR) is 110 cm³/mol. The highest BCUT2D eigenvalue weighted by Gasteiger charge is 2.41. The number of fused-ring (bicyclic) bond motifs is 1. The number of allylic oxidation sites excluding steroid dienone is 3. The quantitative estimate of drug-likeness (QED) is 0.559. The van der Waals surface area contributed by atoms with Crippen LogP contribution >= 0.6 is 0 Å². The van der Waals surface area contributed by atoms with Gasteiger partial charge in [-0.1, -0.05) is 31.9 Å². The average Bonchev–Trinajstić information content (AvgIpc) is 3.37. The van der Waals surface area contributed by atoms with Gasteiger partial charge in [-0.2, -0.15) is 5.26 Å². The molecule has 1 N–H and O–H groups in total. The van der Waals surface area contributed by atoms with E-state index in [1.165, 1.54) is 25.7 Å². The molecule has 1 saturated carbocycles. The molecule has 0 amide bonds. The molecule has 27 heavy (non-hydrogen) atoms. The van der Waals surface area contributed by atoms with E-state index < -0.39 is 0 Å². The van der Waals surface area contributed by atoms with Crippen LogP contribution in [0.5, 0.6) is 0 Å². The Balaban J connectivity index is 2.07. The monoisotopic (exact) mass is 361 g/mol. The highest BCUT2D eigenvalue weighted by atomic mass is 14.9. The van der Waals surface area contributed by atoms with Gasteiger partial charge in [0.2, 0.25) is 0 Å². The van der Waals surface area contributed by atoms with Gasteiger partial charge in [-0.25, -0.2) is 9.97 Å². The van der Waals surface area contributed by atoms with Crippen molar-refractivity contribution in [3.63, 3.8) is 0 Å². The molecule has 1 aliphatic carbocycles. The zero-order valence-electron chi connectivity index (χ0n) is 16.2. The highest BCUT2D eigenvalue weighted by Crippen LogP contribution is 2.49. The molecule has 0 bridgehead atoms. The molecular weight excluding hydrogens is 334 g/mol. The molecule has 1 fully saturated rings. The molecule has 3 rings (SSSR count). The van der Waals surface area contributed by atoms with E-state index in [0.717, 1.165) is 22.3 Å². The number of aromatic amines is 1. The van der Waals surface area contributed by atoms with Crippen molar-refractivity contribution in [1.82, 2.24) is 15.0 Å². The fourth-order valence-corrected chi connectivity index (χ4v) is 4.55. The molecule has 0 aliphatic heterocycles. The first-order valence-corrected chi connectivity index (χ1v) is 9.59. The van der Waals surface area contributed by atoms with Gasteiger partial charge in [-0.05, 0) is 30.7 Å². The summed E-state index contributed by atoms with van der Waals surface area (Å²) in [5, 5.41) is 10.5. The largest absolute Gasteiger partial charge is 0.346 e. The van der Waals surface area contributed by atoms with Gasteiger partial charge in [-0.15, -0.1) is 6.58 Å². The summed E-state index contributed by atoms with van der Waals surface area (Å²) in [6.07, 6.45) is 14.8. The van der Waals surface area contributed by atoms with Crippen LogP contribution in [0.3, 0.4) is 0 Å². The molecule has 140 valence electrons. The van der Waals surface area contributed by atoms with Crippen molar-refractivity contribution in [2.75, 3.05) is 7.05 Å². The van der Waals surface area contributed by atoms with Crippen LogP contribution in [0.2, 0.25) is 0 Å². The summed E-state index contributed by atoms with van der Waals surface area (Å²) in [6, 6.07) is 4.41. The summed E-state index contributed by atoms with van der Waals surface area (Å²) >= 11 is 0. The van der Waals surface area contributed by atoms with Gasteiger partial charge in [0.05, 0.1) is 11.8 Å². The van der Waals surface area contributed by atoms with Crippen molar-refractivity contribution in [3.8, 4) is 6.07 Å². The average molecular weight is 361 g/mol. The van der Waals surface area contributed by atoms with E-state index in [2.05, 4.69) is 45.6 Å². The number of hydrogen-bond acceptors (Lipinski definition) is 4. The maximum atomic E-state index is 9.54. The number of nitriles is 1. The van der Waals surface area contributed by atoms with Crippen LogP contribution in [0.1, 0.15) is 44.7 Å². The van der Waals surface area contributed by atoms with Crippen molar-refractivity contribution in [2.24, 2.45) is 22.2 Å². The second-order valence-corrected chi connectivity index (χ2v) is 7.39. The van der Waals surface area contributed by atoms with E-state index in [9.17, 15) is 5.26 Å². The second-order valence-electron chi connectivity index (χ2n) is 7.39. The summed E-state index contributed by atoms with van der Waals surface area (Å²) in [5.41, 5.74) is 2.41. The number of nitrogens with zero attached hydrogens (tertiary/aromatic N) is 4. The van der Waals surface area contributed by atoms with Crippen molar-refractivity contribution in [3.05, 3.63) is 43.0 Å². The number of aliphatic imine (C=N–C) groups is 1. The summed E-state index contributed by atoms with van der Waals surface area (Å²) in [4.78, 5) is 16.2. The van der Waals surface area contributed by atoms with Gasteiger partial charge in [0.25, 0.3) is 0 Å². The Morgan fingerprint density at radius 2 is 2.26 bits per heavy atom. The maximum absolute atomic E-state index is 9.54. The Kier molecular flexibility index (Phi) is 5.85. The minimum atomic E-state index is -0.220. The van der Waals surface area contributed by atoms with E-state index in [0.29, 0.717) is 12.3 Å².